The zero-order valence-corrected chi connectivity index (χ0v) is 17.1. The Kier molecular flexibility index (Phi) is 5.59. The molecular formula is C22H25N3O2S. The molecule has 1 atom stereocenters. The van der Waals surface area contributed by atoms with Crippen molar-refractivity contribution >= 4 is 17.2 Å². The highest BCUT2D eigenvalue weighted by atomic mass is 32.1. The Labute approximate surface area is 169 Å². The van der Waals surface area contributed by atoms with E-state index in [-0.39, 0.29) is 18.4 Å². The Morgan fingerprint density at radius 1 is 1.32 bits per heavy atom. The summed E-state index contributed by atoms with van der Waals surface area (Å²) in [5, 5.41) is 5.41. The van der Waals surface area contributed by atoms with Gasteiger partial charge < -0.3 is 14.6 Å². The van der Waals surface area contributed by atoms with Crippen LogP contribution in [0.2, 0.25) is 0 Å². The predicted molar refractivity (Wildman–Crippen MR) is 111 cm³/mol. The largest absolute Gasteiger partial charge is 0.440 e. The average Bonchev–Trinajstić information content (AvgIpc) is 3.38. The van der Waals surface area contributed by atoms with Crippen LogP contribution in [0.5, 0.6) is 0 Å². The molecule has 6 heteroatoms. The van der Waals surface area contributed by atoms with E-state index in [4.69, 9.17) is 4.42 Å². The van der Waals surface area contributed by atoms with E-state index >= 15 is 0 Å². The van der Waals surface area contributed by atoms with Crippen molar-refractivity contribution in [2.45, 2.75) is 32.7 Å². The smallest absolute Gasteiger partial charge is 0.236 e. The van der Waals surface area contributed by atoms with Gasteiger partial charge in [0.1, 0.15) is 5.76 Å². The summed E-state index contributed by atoms with van der Waals surface area (Å²) in [6.45, 7) is 6.32. The van der Waals surface area contributed by atoms with E-state index in [1.165, 1.54) is 11.1 Å². The molecule has 28 heavy (non-hydrogen) atoms. The second kappa shape index (κ2) is 8.29. The molecule has 4 rings (SSSR count). The van der Waals surface area contributed by atoms with Crippen LogP contribution in [0, 0.1) is 6.92 Å². The van der Waals surface area contributed by atoms with Gasteiger partial charge in [-0.3, -0.25) is 4.79 Å². The third kappa shape index (κ3) is 3.88. The number of aryl methyl sites for hydroxylation is 2. The quantitative estimate of drug-likeness (QED) is 0.710. The lowest BCUT2D eigenvalue weighted by atomic mass is 10.0. The molecular weight excluding hydrogens is 370 g/mol. The molecule has 0 bridgehead atoms. The lowest BCUT2D eigenvalue weighted by Gasteiger charge is -2.36. The average molecular weight is 396 g/mol. The summed E-state index contributed by atoms with van der Waals surface area (Å²) < 4.78 is 5.80. The number of nitrogens with zero attached hydrogens (tertiary/aromatic N) is 2. The van der Waals surface area contributed by atoms with Gasteiger partial charge >= 0.3 is 0 Å². The number of amides is 1. The normalized spacial score (nSPS) is 17.1. The summed E-state index contributed by atoms with van der Waals surface area (Å²) in [5.41, 5.74) is 3.21. The van der Waals surface area contributed by atoms with Crippen LogP contribution in [-0.2, 0) is 17.6 Å². The molecule has 0 spiro atoms. The first-order chi connectivity index (χ1) is 13.7. The second-order valence-corrected chi connectivity index (χ2v) is 8.03. The molecule has 3 aromatic rings. The van der Waals surface area contributed by atoms with E-state index in [9.17, 15) is 4.79 Å². The van der Waals surface area contributed by atoms with E-state index < -0.39 is 0 Å². The lowest BCUT2D eigenvalue weighted by Crippen LogP contribution is -2.49. The number of benzene rings is 1. The van der Waals surface area contributed by atoms with Crippen molar-refractivity contribution in [1.82, 2.24) is 15.2 Å². The lowest BCUT2D eigenvalue weighted by molar-refractivity contribution is -0.133. The Bertz CT molecular complexity index is 931. The number of rotatable bonds is 5. The molecule has 1 saturated heterocycles. The minimum atomic E-state index is 0.0520. The number of oxazole rings is 1. The van der Waals surface area contributed by atoms with Crippen LogP contribution >= 0.6 is 11.3 Å². The molecule has 1 aliphatic heterocycles. The molecule has 1 aliphatic rings. The van der Waals surface area contributed by atoms with Gasteiger partial charge in [-0.1, -0.05) is 37.3 Å². The van der Waals surface area contributed by atoms with Gasteiger partial charge in [0, 0.05) is 19.6 Å². The van der Waals surface area contributed by atoms with Crippen molar-refractivity contribution in [2.24, 2.45) is 0 Å². The third-order valence-electron chi connectivity index (χ3n) is 5.28. The van der Waals surface area contributed by atoms with E-state index in [1.54, 1.807) is 11.3 Å². The van der Waals surface area contributed by atoms with Gasteiger partial charge in [-0.05, 0) is 35.9 Å². The molecule has 1 unspecified atom stereocenters. The Morgan fingerprint density at radius 2 is 2.14 bits per heavy atom. The molecule has 1 fully saturated rings. The number of thiophene rings is 1. The maximum absolute atomic E-state index is 13.1. The highest BCUT2D eigenvalue weighted by Gasteiger charge is 2.29. The number of carbonyl (C=O) groups excluding carboxylic acids is 1. The Morgan fingerprint density at radius 3 is 2.86 bits per heavy atom. The van der Waals surface area contributed by atoms with E-state index in [0.717, 1.165) is 35.8 Å². The molecule has 1 N–H and O–H groups in total. The first-order valence-electron chi connectivity index (χ1n) is 9.75. The van der Waals surface area contributed by atoms with Gasteiger partial charge in [0.15, 0.2) is 0 Å². The van der Waals surface area contributed by atoms with E-state index in [0.29, 0.717) is 12.4 Å². The van der Waals surface area contributed by atoms with Gasteiger partial charge in [0.05, 0.1) is 23.0 Å². The first kappa shape index (κ1) is 18.9. The minimum absolute atomic E-state index is 0.0520. The Balaban J connectivity index is 1.52. The fourth-order valence-electron chi connectivity index (χ4n) is 3.62. The third-order valence-corrected chi connectivity index (χ3v) is 6.14. The predicted octanol–water partition coefficient (Wildman–Crippen LogP) is 3.99. The van der Waals surface area contributed by atoms with Gasteiger partial charge in [-0.25, -0.2) is 4.98 Å². The monoisotopic (exact) mass is 395 g/mol. The molecule has 0 saturated carbocycles. The highest BCUT2D eigenvalue weighted by molar-refractivity contribution is 7.13. The summed E-state index contributed by atoms with van der Waals surface area (Å²) in [6.07, 6.45) is 1.29. The number of carbonyl (C=O) groups is 1. The number of hydrogen-bond acceptors (Lipinski definition) is 5. The maximum atomic E-state index is 13.1. The number of hydrogen-bond donors (Lipinski definition) is 1. The summed E-state index contributed by atoms with van der Waals surface area (Å²) in [6, 6.07) is 12.6. The first-order valence-corrected chi connectivity index (χ1v) is 10.6. The van der Waals surface area contributed by atoms with E-state index in [1.807, 2.05) is 29.3 Å². The van der Waals surface area contributed by atoms with Gasteiger partial charge in [-0.2, -0.15) is 0 Å². The van der Waals surface area contributed by atoms with Crippen molar-refractivity contribution in [3.63, 3.8) is 0 Å². The fourth-order valence-corrected chi connectivity index (χ4v) is 4.27. The van der Waals surface area contributed by atoms with Crippen molar-refractivity contribution < 1.29 is 9.21 Å². The van der Waals surface area contributed by atoms with Crippen LogP contribution in [0.1, 0.15) is 35.5 Å². The van der Waals surface area contributed by atoms with Crippen LogP contribution < -0.4 is 5.32 Å². The molecule has 0 radical (unpaired) electrons. The maximum Gasteiger partial charge on any atom is 0.236 e. The molecule has 5 nitrogen and oxygen atoms in total. The number of nitrogens with one attached hydrogen (secondary N) is 1. The Hall–Kier alpha value is -2.44. The molecule has 2 aromatic heterocycles. The van der Waals surface area contributed by atoms with Gasteiger partial charge in [-0.15, -0.1) is 11.3 Å². The van der Waals surface area contributed by atoms with Gasteiger partial charge in [0.25, 0.3) is 0 Å². The topological polar surface area (TPSA) is 58.4 Å². The van der Waals surface area contributed by atoms with Crippen LogP contribution in [-0.4, -0.2) is 35.4 Å². The molecule has 146 valence electrons. The van der Waals surface area contributed by atoms with Crippen LogP contribution in [0.3, 0.4) is 0 Å². The number of piperazine rings is 1. The minimum Gasteiger partial charge on any atom is -0.440 e. The van der Waals surface area contributed by atoms with Crippen molar-refractivity contribution in [1.29, 1.82) is 0 Å². The zero-order valence-electron chi connectivity index (χ0n) is 16.3. The fraction of sp³-hybridized carbons (Fsp3) is 0.364. The second-order valence-electron chi connectivity index (χ2n) is 7.08. The summed E-state index contributed by atoms with van der Waals surface area (Å²) >= 11 is 1.59. The van der Waals surface area contributed by atoms with Crippen LogP contribution in [0.4, 0.5) is 0 Å². The standard InChI is InChI=1S/C22H25N3O2S/c1-3-16-6-8-17(9-7-16)19-14-23-10-11-25(19)21(26)13-18-15(2)27-22(24-18)20-5-4-12-28-20/h4-9,12,19,23H,3,10-11,13-14H2,1-2H3. The molecule has 1 aromatic carbocycles. The highest BCUT2D eigenvalue weighted by Crippen LogP contribution is 2.28. The van der Waals surface area contributed by atoms with Crippen molar-refractivity contribution in [2.75, 3.05) is 19.6 Å². The van der Waals surface area contributed by atoms with E-state index in [2.05, 4.69) is 41.5 Å². The summed E-state index contributed by atoms with van der Waals surface area (Å²) in [5.74, 6) is 1.42. The van der Waals surface area contributed by atoms with Crippen molar-refractivity contribution in [3.05, 3.63) is 64.4 Å². The van der Waals surface area contributed by atoms with Crippen LogP contribution in [0.15, 0.2) is 46.2 Å². The summed E-state index contributed by atoms with van der Waals surface area (Å²) in [7, 11) is 0. The SMILES string of the molecule is CCc1ccc(C2CNCCN2C(=O)Cc2nc(-c3cccs3)oc2C)cc1. The zero-order chi connectivity index (χ0) is 19.5. The van der Waals surface area contributed by atoms with Crippen molar-refractivity contribution in [3.8, 4) is 10.8 Å². The molecule has 0 aliphatic carbocycles. The van der Waals surface area contributed by atoms with Gasteiger partial charge in [0.2, 0.25) is 11.8 Å². The number of aromatic nitrogens is 1. The van der Waals surface area contributed by atoms with Crippen LogP contribution in [0.25, 0.3) is 10.8 Å². The molecule has 3 heterocycles. The molecule has 1 amide bonds. The summed E-state index contributed by atoms with van der Waals surface area (Å²) in [4.78, 5) is 20.7.